The van der Waals surface area contributed by atoms with E-state index < -0.39 is 10.0 Å². The zero-order chi connectivity index (χ0) is 22.4. The predicted molar refractivity (Wildman–Crippen MR) is 122 cm³/mol. The molecule has 0 fully saturated rings. The third-order valence-electron chi connectivity index (χ3n) is 4.84. The van der Waals surface area contributed by atoms with Gasteiger partial charge in [0.25, 0.3) is 15.9 Å². The summed E-state index contributed by atoms with van der Waals surface area (Å²) in [6, 6.07) is 20.5. The highest BCUT2D eigenvalue weighted by molar-refractivity contribution is 7.92. The molecule has 0 aliphatic rings. The standard InChI is InChI=1S/C24H26N2O4S/c1-4-30-22-13-15-23(16-14-22)31(28,29)25-21-11-9-19(10-12-21)24(27)26(3)17-20-8-6-5-7-18(20)2/h5-16,25H,4,17H2,1-3H3. The summed E-state index contributed by atoms with van der Waals surface area (Å²) < 4.78 is 33.1. The monoisotopic (exact) mass is 438 g/mol. The molecule has 162 valence electrons. The van der Waals surface area contributed by atoms with Gasteiger partial charge in [-0.3, -0.25) is 9.52 Å². The van der Waals surface area contributed by atoms with Crippen LogP contribution in [0.5, 0.6) is 5.75 Å². The molecule has 0 saturated carbocycles. The minimum atomic E-state index is -3.74. The van der Waals surface area contributed by atoms with Gasteiger partial charge in [-0.25, -0.2) is 8.42 Å². The smallest absolute Gasteiger partial charge is 0.261 e. The Morgan fingerprint density at radius 3 is 2.23 bits per heavy atom. The lowest BCUT2D eigenvalue weighted by Crippen LogP contribution is -2.26. The van der Waals surface area contributed by atoms with Crippen molar-refractivity contribution in [2.24, 2.45) is 0 Å². The van der Waals surface area contributed by atoms with Crippen molar-refractivity contribution < 1.29 is 17.9 Å². The van der Waals surface area contributed by atoms with Gasteiger partial charge in [-0.2, -0.15) is 0 Å². The van der Waals surface area contributed by atoms with E-state index in [4.69, 9.17) is 4.74 Å². The number of amides is 1. The van der Waals surface area contributed by atoms with E-state index >= 15 is 0 Å². The normalized spacial score (nSPS) is 11.1. The average molecular weight is 439 g/mol. The number of aryl methyl sites for hydroxylation is 1. The number of ether oxygens (including phenoxy) is 1. The fourth-order valence-corrected chi connectivity index (χ4v) is 4.17. The number of rotatable bonds is 8. The topological polar surface area (TPSA) is 75.7 Å². The third kappa shape index (κ3) is 5.64. The molecule has 0 aliphatic heterocycles. The Balaban J connectivity index is 1.67. The molecule has 3 aromatic carbocycles. The number of nitrogens with zero attached hydrogens (tertiary/aromatic N) is 1. The second kappa shape index (κ2) is 9.66. The van der Waals surface area contributed by atoms with E-state index in [0.29, 0.717) is 30.2 Å². The van der Waals surface area contributed by atoms with Crippen molar-refractivity contribution >= 4 is 21.6 Å². The van der Waals surface area contributed by atoms with Crippen LogP contribution < -0.4 is 9.46 Å². The molecule has 3 rings (SSSR count). The second-order valence-electron chi connectivity index (χ2n) is 7.17. The van der Waals surface area contributed by atoms with E-state index in [2.05, 4.69) is 4.72 Å². The van der Waals surface area contributed by atoms with E-state index in [0.717, 1.165) is 11.1 Å². The molecule has 0 radical (unpaired) electrons. The molecular formula is C24H26N2O4S. The van der Waals surface area contributed by atoms with Crippen LogP contribution in [0.3, 0.4) is 0 Å². The maximum absolute atomic E-state index is 12.7. The highest BCUT2D eigenvalue weighted by Gasteiger charge is 2.16. The minimum absolute atomic E-state index is 0.133. The van der Waals surface area contributed by atoms with Crippen LogP contribution in [-0.2, 0) is 16.6 Å². The van der Waals surface area contributed by atoms with Crippen molar-refractivity contribution in [3.8, 4) is 5.75 Å². The van der Waals surface area contributed by atoms with Crippen molar-refractivity contribution in [3.63, 3.8) is 0 Å². The Morgan fingerprint density at radius 1 is 0.968 bits per heavy atom. The van der Waals surface area contributed by atoms with Crippen molar-refractivity contribution in [2.75, 3.05) is 18.4 Å². The quantitative estimate of drug-likeness (QED) is 0.563. The lowest BCUT2D eigenvalue weighted by molar-refractivity contribution is 0.0785. The molecule has 6 nitrogen and oxygen atoms in total. The summed E-state index contributed by atoms with van der Waals surface area (Å²) in [6.07, 6.45) is 0. The molecular weight excluding hydrogens is 412 g/mol. The van der Waals surface area contributed by atoms with Gasteiger partial charge in [-0.1, -0.05) is 24.3 Å². The highest BCUT2D eigenvalue weighted by Crippen LogP contribution is 2.20. The van der Waals surface area contributed by atoms with Gasteiger partial charge >= 0.3 is 0 Å². The third-order valence-corrected chi connectivity index (χ3v) is 6.24. The van der Waals surface area contributed by atoms with Gasteiger partial charge < -0.3 is 9.64 Å². The van der Waals surface area contributed by atoms with Gasteiger partial charge in [0.15, 0.2) is 0 Å². The van der Waals surface area contributed by atoms with Crippen LogP contribution in [-0.4, -0.2) is 32.9 Å². The van der Waals surface area contributed by atoms with Crippen LogP contribution in [0.1, 0.15) is 28.4 Å². The number of sulfonamides is 1. The molecule has 1 amide bonds. The number of nitrogens with one attached hydrogen (secondary N) is 1. The van der Waals surface area contributed by atoms with Crippen LogP contribution in [0, 0.1) is 6.92 Å². The number of benzene rings is 3. The first kappa shape index (κ1) is 22.4. The lowest BCUT2D eigenvalue weighted by Gasteiger charge is -2.19. The molecule has 0 saturated heterocycles. The summed E-state index contributed by atoms with van der Waals surface area (Å²) >= 11 is 0. The molecule has 7 heteroatoms. The summed E-state index contributed by atoms with van der Waals surface area (Å²) in [6.45, 7) is 4.88. The first-order valence-electron chi connectivity index (χ1n) is 9.96. The first-order valence-corrected chi connectivity index (χ1v) is 11.4. The maximum atomic E-state index is 12.7. The van der Waals surface area contributed by atoms with E-state index in [1.54, 1.807) is 48.3 Å². The Morgan fingerprint density at radius 2 is 1.61 bits per heavy atom. The Bertz CT molecular complexity index is 1140. The molecule has 31 heavy (non-hydrogen) atoms. The van der Waals surface area contributed by atoms with Crippen LogP contribution >= 0.6 is 0 Å². The Hall–Kier alpha value is -3.32. The van der Waals surface area contributed by atoms with Gasteiger partial charge in [0.2, 0.25) is 0 Å². The van der Waals surface area contributed by atoms with Gasteiger partial charge in [0.1, 0.15) is 5.75 Å². The Labute approximate surface area is 183 Å². The molecule has 0 heterocycles. The van der Waals surface area contributed by atoms with Crippen LogP contribution in [0.4, 0.5) is 5.69 Å². The fourth-order valence-electron chi connectivity index (χ4n) is 3.11. The highest BCUT2D eigenvalue weighted by atomic mass is 32.2. The molecule has 0 bridgehead atoms. The van der Waals surface area contributed by atoms with E-state index in [-0.39, 0.29) is 10.8 Å². The van der Waals surface area contributed by atoms with Crippen molar-refractivity contribution in [1.82, 2.24) is 4.90 Å². The Kier molecular flexibility index (Phi) is 6.97. The van der Waals surface area contributed by atoms with Gasteiger partial charge in [0, 0.05) is 24.8 Å². The van der Waals surface area contributed by atoms with E-state index in [9.17, 15) is 13.2 Å². The number of carbonyl (C=O) groups is 1. The summed E-state index contributed by atoms with van der Waals surface area (Å²) in [5.41, 5.74) is 3.08. The largest absolute Gasteiger partial charge is 0.494 e. The van der Waals surface area contributed by atoms with Crippen molar-refractivity contribution in [3.05, 3.63) is 89.5 Å². The summed E-state index contributed by atoms with van der Waals surface area (Å²) in [5, 5.41) is 0. The van der Waals surface area contributed by atoms with Gasteiger partial charge in [0.05, 0.1) is 11.5 Å². The summed E-state index contributed by atoms with van der Waals surface area (Å²) in [7, 11) is -1.99. The molecule has 1 N–H and O–H groups in total. The zero-order valence-electron chi connectivity index (χ0n) is 17.8. The van der Waals surface area contributed by atoms with Crippen LogP contribution in [0.25, 0.3) is 0 Å². The van der Waals surface area contributed by atoms with E-state index in [1.807, 2.05) is 38.1 Å². The summed E-state index contributed by atoms with van der Waals surface area (Å²) in [5.74, 6) is 0.475. The molecule has 0 spiro atoms. The number of hydrogen-bond acceptors (Lipinski definition) is 4. The van der Waals surface area contributed by atoms with Crippen molar-refractivity contribution in [1.29, 1.82) is 0 Å². The summed E-state index contributed by atoms with van der Waals surface area (Å²) in [4.78, 5) is 14.5. The second-order valence-corrected chi connectivity index (χ2v) is 8.86. The van der Waals surface area contributed by atoms with Gasteiger partial charge in [-0.05, 0) is 73.5 Å². The molecule has 0 atom stereocenters. The molecule has 3 aromatic rings. The fraction of sp³-hybridized carbons (Fsp3) is 0.208. The minimum Gasteiger partial charge on any atom is -0.494 e. The number of anilines is 1. The number of carbonyl (C=O) groups excluding carboxylic acids is 1. The zero-order valence-corrected chi connectivity index (χ0v) is 18.6. The molecule has 0 unspecified atom stereocenters. The molecule has 0 aliphatic carbocycles. The van der Waals surface area contributed by atoms with Crippen LogP contribution in [0.2, 0.25) is 0 Å². The maximum Gasteiger partial charge on any atom is 0.261 e. The SMILES string of the molecule is CCOc1ccc(S(=O)(=O)Nc2ccc(C(=O)N(C)Cc3ccccc3C)cc2)cc1. The van der Waals surface area contributed by atoms with Crippen molar-refractivity contribution in [2.45, 2.75) is 25.3 Å². The lowest BCUT2D eigenvalue weighted by atomic mass is 10.1. The van der Waals surface area contributed by atoms with E-state index in [1.165, 1.54) is 12.1 Å². The van der Waals surface area contributed by atoms with Gasteiger partial charge in [-0.15, -0.1) is 0 Å². The predicted octanol–water partition coefficient (Wildman–Crippen LogP) is 4.47. The number of hydrogen-bond donors (Lipinski definition) is 1. The average Bonchev–Trinajstić information content (AvgIpc) is 2.76. The first-order chi connectivity index (χ1) is 14.8. The molecule has 0 aromatic heterocycles. The van der Waals surface area contributed by atoms with Crippen LogP contribution in [0.15, 0.2) is 77.7 Å².